The lowest BCUT2D eigenvalue weighted by atomic mass is 9.97. The molecule has 0 spiro atoms. The predicted octanol–water partition coefficient (Wildman–Crippen LogP) is 11.5. The van der Waals surface area contributed by atoms with Gasteiger partial charge in [-0.1, -0.05) is 91.0 Å². The fraction of sp³-hybridized carbons (Fsp3) is 0.279. The van der Waals surface area contributed by atoms with Gasteiger partial charge in [-0.2, -0.15) is 0 Å². The molecule has 54 heavy (non-hydrogen) atoms. The number of aromatic nitrogens is 4. The molecule has 9 rings (SSSR count). The third-order valence-electron chi connectivity index (χ3n) is 9.86. The number of anilines is 1. The first-order valence-electron chi connectivity index (χ1n) is 18.5. The second kappa shape index (κ2) is 18.4. The molecule has 1 fully saturated rings. The van der Waals surface area contributed by atoms with Gasteiger partial charge in [0.1, 0.15) is 31.0 Å². The molecule has 2 N–H and O–H groups in total. The van der Waals surface area contributed by atoms with Crippen molar-refractivity contribution in [1.29, 1.82) is 0 Å². The minimum Gasteiger partial charge on any atom is -0.349 e. The summed E-state index contributed by atoms with van der Waals surface area (Å²) in [6.07, 6.45) is 9.36. The van der Waals surface area contributed by atoms with Crippen LogP contribution in [0.5, 0.6) is 0 Å². The molecule has 3 atom stereocenters. The number of rotatable bonds is 4. The first-order valence-corrected chi connectivity index (χ1v) is 20.9. The standard InChI is InChI=1S/C16H15Br2N3.C16H14BrN3.C11H13NO/c17-14-10-9-13(16(18)21-14)20-15-8-4-7-12(19-15)11-5-2-1-3-6-11;17-14-10-9-12-16(19-14)20-13(7-4-8-15(20)18-12)11-5-2-1-3-6-11;13-11-8-4-7-10(12-11)9-5-2-1-3-6-9/h1-3,5-6,9-10,12H,4,7-8H2,(H,19,20);1-3,5-6,9-10,13H,4,7-8H2;1-3,5-6,10H,4,7-8H2,(H,12,13). The second-order valence-electron chi connectivity index (χ2n) is 13.6. The number of amidine groups is 1. The summed E-state index contributed by atoms with van der Waals surface area (Å²) in [5.74, 6) is 2.37. The van der Waals surface area contributed by atoms with E-state index < -0.39 is 0 Å². The summed E-state index contributed by atoms with van der Waals surface area (Å²) in [6.45, 7) is 0. The van der Waals surface area contributed by atoms with E-state index in [4.69, 9.17) is 9.98 Å². The average molecular weight is 913 g/mol. The summed E-state index contributed by atoms with van der Waals surface area (Å²) in [7, 11) is 0. The van der Waals surface area contributed by atoms with E-state index in [1.807, 2.05) is 48.5 Å². The number of halogens is 3. The Morgan fingerprint density at radius 3 is 1.96 bits per heavy atom. The Morgan fingerprint density at radius 1 is 0.630 bits per heavy atom. The SMILES string of the molecule is Brc1ccc(NC2=NC(c3ccccc3)CCC2)c(Br)n1.Brc1ccc2nc3n(c2n1)C(c1ccccc1)CCC3.O=C1CCCC(c2ccccc2)N1. The summed E-state index contributed by atoms with van der Waals surface area (Å²) in [5, 5.41) is 6.39. The lowest BCUT2D eigenvalue weighted by Gasteiger charge is -2.25. The van der Waals surface area contributed by atoms with Crippen molar-refractivity contribution < 1.29 is 4.79 Å². The second-order valence-corrected chi connectivity index (χ2v) is 16.0. The Labute approximate surface area is 341 Å². The maximum Gasteiger partial charge on any atom is 0.220 e. The lowest BCUT2D eigenvalue weighted by molar-refractivity contribution is -0.123. The van der Waals surface area contributed by atoms with Crippen LogP contribution in [0.4, 0.5) is 5.69 Å². The van der Waals surface area contributed by atoms with E-state index >= 15 is 0 Å². The highest BCUT2D eigenvalue weighted by atomic mass is 79.9. The van der Waals surface area contributed by atoms with Gasteiger partial charge < -0.3 is 15.2 Å². The number of nitrogens with one attached hydrogen (secondary N) is 2. The topological polar surface area (TPSA) is 97.1 Å². The van der Waals surface area contributed by atoms with Crippen molar-refractivity contribution in [3.8, 4) is 0 Å². The van der Waals surface area contributed by atoms with Crippen LogP contribution in [-0.2, 0) is 11.2 Å². The number of aryl methyl sites for hydroxylation is 1. The van der Waals surface area contributed by atoms with Gasteiger partial charge >= 0.3 is 0 Å². The van der Waals surface area contributed by atoms with Gasteiger partial charge in [-0.25, -0.2) is 15.0 Å². The number of pyridine rings is 2. The van der Waals surface area contributed by atoms with Gasteiger partial charge in [0.2, 0.25) is 5.91 Å². The van der Waals surface area contributed by atoms with E-state index in [-0.39, 0.29) is 18.0 Å². The molecule has 1 saturated heterocycles. The number of aliphatic imine (C=N–C) groups is 1. The number of hydrogen-bond donors (Lipinski definition) is 2. The molecule has 0 radical (unpaired) electrons. The molecule has 0 saturated carbocycles. The third kappa shape index (κ3) is 9.72. The molecule has 11 heteroatoms. The van der Waals surface area contributed by atoms with Gasteiger partial charge in [-0.05, 0) is 127 Å². The van der Waals surface area contributed by atoms with Crippen LogP contribution in [0.1, 0.15) is 92.0 Å². The molecular formula is C43H42Br3N7O. The fourth-order valence-corrected chi connectivity index (χ4v) is 8.54. The molecule has 6 aromatic rings. The number of imidazole rings is 1. The number of nitrogens with zero attached hydrogens (tertiary/aromatic N) is 5. The van der Waals surface area contributed by atoms with Crippen molar-refractivity contribution in [3.05, 3.63) is 152 Å². The molecule has 3 aliphatic rings. The Bertz CT molecular complexity index is 2200. The summed E-state index contributed by atoms with van der Waals surface area (Å²) >= 11 is 10.3. The molecule has 3 unspecified atom stereocenters. The summed E-state index contributed by atoms with van der Waals surface area (Å²) in [6, 6.07) is 40.1. The van der Waals surface area contributed by atoms with E-state index in [2.05, 4.69) is 140 Å². The van der Waals surface area contributed by atoms with Crippen LogP contribution in [0.3, 0.4) is 0 Å². The Morgan fingerprint density at radius 2 is 1.26 bits per heavy atom. The normalized spacial score (nSPS) is 19.2. The largest absolute Gasteiger partial charge is 0.349 e. The lowest BCUT2D eigenvalue weighted by Crippen LogP contribution is -2.32. The fourth-order valence-electron chi connectivity index (χ4n) is 7.27. The maximum absolute atomic E-state index is 11.1. The monoisotopic (exact) mass is 909 g/mol. The predicted molar refractivity (Wildman–Crippen MR) is 228 cm³/mol. The van der Waals surface area contributed by atoms with E-state index in [1.165, 1.54) is 23.1 Å². The minimum atomic E-state index is 0.181. The van der Waals surface area contributed by atoms with E-state index in [9.17, 15) is 4.79 Å². The molecule has 3 aromatic heterocycles. The number of carbonyl (C=O) groups excluding carboxylic acids is 1. The Balaban J connectivity index is 0.000000129. The van der Waals surface area contributed by atoms with Crippen molar-refractivity contribution in [3.63, 3.8) is 0 Å². The van der Waals surface area contributed by atoms with Crippen LogP contribution >= 0.6 is 47.8 Å². The van der Waals surface area contributed by atoms with Crippen molar-refractivity contribution in [1.82, 2.24) is 24.8 Å². The highest BCUT2D eigenvalue weighted by Crippen LogP contribution is 2.34. The number of amides is 1. The van der Waals surface area contributed by atoms with E-state index in [0.29, 0.717) is 12.5 Å². The maximum atomic E-state index is 11.1. The molecule has 3 aliphatic heterocycles. The first kappa shape index (κ1) is 38.1. The summed E-state index contributed by atoms with van der Waals surface area (Å²) in [4.78, 5) is 29.7. The highest BCUT2D eigenvalue weighted by molar-refractivity contribution is 9.11. The van der Waals surface area contributed by atoms with Crippen molar-refractivity contribution in [2.45, 2.75) is 75.9 Å². The average Bonchev–Trinajstić information content (AvgIpc) is 3.59. The zero-order valence-electron chi connectivity index (χ0n) is 29.8. The minimum absolute atomic E-state index is 0.181. The number of hydrogen-bond acceptors (Lipinski definition) is 6. The van der Waals surface area contributed by atoms with Crippen LogP contribution in [0.15, 0.2) is 134 Å². The van der Waals surface area contributed by atoms with E-state index in [0.717, 1.165) is 87.3 Å². The van der Waals surface area contributed by atoms with Gasteiger partial charge in [0.15, 0.2) is 5.65 Å². The zero-order chi connectivity index (χ0) is 37.3. The van der Waals surface area contributed by atoms with Crippen LogP contribution in [-0.4, -0.2) is 31.3 Å². The number of benzene rings is 3. The van der Waals surface area contributed by atoms with Crippen LogP contribution in [0.25, 0.3) is 11.2 Å². The van der Waals surface area contributed by atoms with Gasteiger partial charge in [-0.3, -0.25) is 9.79 Å². The number of fused-ring (bicyclic) bond motifs is 3. The van der Waals surface area contributed by atoms with Crippen LogP contribution < -0.4 is 10.6 Å². The highest BCUT2D eigenvalue weighted by Gasteiger charge is 2.25. The molecule has 8 nitrogen and oxygen atoms in total. The van der Waals surface area contributed by atoms with Gasteiger partial charge in [0.05, 0.1) is 23.8 Å². The Hall–Kier alpha value is -4.19. The van der Waals surface area contributed by atoms with E-state index in [1.54, 1.807) is 0 Å². The zero-order valence-corrected chi connectivity index (χ0v) is 34.6. The quantitative estimate of drug-likeness (QED) is 0.172. The summed E-state index contributed by atoms with van der Waals surface area (Å²) in [5.41, 5.74) is 6.77. The molecule has 0 bridgehead atoms. The molecule has 1 amide bonds. The first-order chi connectivity index (χ1) is 26.4. The summed E-state index contributed by atoms with van der Waals surface area (Å²) < 4.78 is 4.79. The van der Waals surface area contributed by atoms with Crippen molar-refractivity contribution >= 4 is 76.4 Å². The Kier molecular flexibility index (Phi) is 13.0. The number of carbonyl (C=O) groups is 1. The third-order valence-corrected chi connectivity index (χ3v) is 11.4. The van der Waals surface area contributed by atoms with Crippen molar-refractivity contribution in [2.24, 2.45) is 4.99 Å². The van der Waals surface area contributed by atoms with Gasteiger partial charge in [0.25, 0.3) is 0 Å². The molecule has 0 aliphatic carbocycles. The molecule has 6 heterocycles. The van der Waals surface area contributed by atoms with Gasteiger partial charge in [0, 0.05) is 19.3 Å². The number of piperidine rings is 1. The molecule has 276 valence electrons. The molecule has 3 aromatic carbocycles. The smallest absolute Gasteiger partial charge is 0.220 e. The van der Waals surface area contributed by atoms with Crippen molar-refractivity contribution in [2.75, 3.05) is 5.32 Å². The molecular weight excluding hydrogens is 870 g/mol. The van der Waals surface area contributed by atoms with Crippen LogP contribution in [0.2, 0.25) is 0 Å². The van der Waals surface area contributed by atoms with Crippen LogP contribution in [0, 0.1) is 0 Å². The van der Waals surface area contributed by atoms with Gasteiger partial charge in [-0.15, -0.1) is 0 Å².